The molecule has 23 heavy (non-hydrogen) atoms. The number of carbonyl (C=O) groups is 1. The Kier molecular flexibility index (Phi) is 3.39. The van der Waals surface area contributed by atoms with E-state index in [0.717, 1.165) is 16.7 Å². The summed E-state index contributed by atoms with van der Waals surface area (Å²) >= 11 is 0. The summed E-state index contributed by atoms with van der Waals surface area (Å²) in [4.78, 5) is 12.9. The van der Waals surface area contributed by atoms with Gasteiger partial charge in [0.1, 0.15) is 0 Å². The molecule has 1 atom stereocenters. The first-order valence-corrected chi connectivity index (χ1v) is 7.80. The van der Waals surface area contributed by atoms with Crippen molar-refractivity contribution >= 4 is 11.9 Å². The van der Waals surface area contributed by atoms with Crippen LogP contribution >= 0.6 is 0 Å². The third-order valence-corrected chi connectivity index (χ3v) is 4.38. The van der Waals surface area contributed by atoms with Crippen LogP contribution in [0.4, 0.5) is 0 Å². The Bertz CT molecular complexity index is 891. The highest BCUT2D eigenvalue weighted by Crippen LogP contribution is 2.37. The van der Waals surface area contributed by atoms with Crippen molar-refractivity contribution < 1.29 is 4.79 Å². The highest BCUT2D eigenvalue weighted by atomic mass is 16.1. The van der Waals surface area contributed by atoms with Crippen LogP contribution < -0.4 is 0 Å². The third-order valence-electron chi connectivity index (χ3n) is 4.38. The minimum absolute atomic E-state index is 0.0824. The zero-order valence-electron chi connectivity index (χ0n) is 12.6. The Labute approximate surface area is 135 Å². The standard InChI is InChI=1S/C22H16O/c23-22(17-9-2-1-3-10-17)21-13-7-6-12-19(21)20-15-14-16-8-4-5-11-18(16)20/h1-15,20H. The number of ketones is 1. The van der Waals surface area contributed by atoms with Gasteiger partial charge < -0.3 is 0 Å². The summed E-state index contributed by atoms with van der Waals surface area (Å²) in [5.74, 6) is 0.231. The van der Waals surface area contributed by atoms with E-state index < -0.39 is 0 Å². The maximum absolute atomic E-state index is 12.9. The topological polar surface area (TPSA) is 17.1 Å². The molecule has 0 amide bonds. The van der Waals surface area contributed by atoms with Crippen LogP contribution in [0.3, 0.4) is 0 Å². The minimum Gasteiger partial charge on any atom is -0.289 e. The van der Waals surface area contributed by atoms with Gasteiger partial charge in [0.25, 0.3) is 0 Å². The van der Waals surface area contributed by atoms with E-state index in [4.69, 9.17) is 0 Å². The van der Waals surface area contributed by atoms with E-state index in [2.05, 4.69) is 36.4 Å². The van der Waals surface area contributed by atoms with Crippen molar-refractivity contribution in [1.82, 2.24) is 0 Å². The molecule has 4 rings (SSSR count). The maximum atomic E-state index is 12.9. The quantitative estimate of drug-likeness (QED) is 0.616. The summed E-state index contributed by atoms with van der Waals surface area (Å²) < 4.78 is 0. The number of rotatable bonds is 3. The van der Waals surface area contributed by atoms with Crippen molar-refractivity contribution in [3.63, 3.8) is 0 Å². The summed E-state index contributed by atoms with van der Waals surface area (Å²) in [6.45, 7) is 0. The molecule has 1 nitrogen and oxygen atoms in total. The molecule has 110 valence electrons. The van der Waals surface area contributed by atoms with Crippen molar-refractivity contribution in [1.29, 1.82) is 0 Å². The van der Waals surface area contributed by atoms with E-state index in [-0.39, 0.29) is 11.7 Å². The zero-order valence-corrected chi connectivity index (χ0v) is 12.6. The number of fused-ring (bicyclic) bond motifs is 1. The lowest BCUT2D eigenvalue weighted by Crippen LogP contribution is -2.08. The zero-order chi connectivity index (χ0) is 15.6. The first kappa shape index (κ1) is 13.7. The van der Waals surface area contributed by atoms with Gasteiger partial charge in [-0.25, -0.2) is 0 Å². The van der Waals surface area contributed by atoms with Crippen LogP contribution in [-0.4, -0.2) is 5.78 Å². The Morgan fingerprint density at radius 1 is 0.696 bits per heavy atom. The van der Waals surface area contributed by atoms with Crippen LogP contribution in [-0.2, 0) is 0 Å². The van der Waals surface area contributed by atoms with Gasteiger partial charge in [0.15, 0.2) is 5.78 Å². The molecule has 0 spiro atoms. The molecule has 0 saturated carbocycles. The molecular formula is C22H16O. The van der Waals surface area contributed by atoms with Crippen molar-refractivity contribution in [2.24, 2.45) is 0 Å². The maximum Gasteiger partial charge on any atom is 0.193 e. The van der Waals surface area contributed by atoms with E-state index in [9.17, 15) is 4.79 Å². The molecule has 0 fully saturated rings. The summed E-state index contributed by atoms with van der Waals surface area (Å²) in [7, 11) is 0. The fraction of sp³-hybridized carbons (Fsp3) is 0.0455. The Morgan fingerprint density at radius 2 is 1.35 bits per heavy atom. The number of hydrogen-bond acceptors (Lipinski definition) is 1. The summed E-state index contributed by atoms with van der Waals surface area (Å²) in [5, 5.41) is 0. The minimum atomic E-state index is 0.0824. The average Bonchev–Trinajstić information content (AvgIpc) is 3.06. The number of allylic oxidation sites excluding steroid dienone is 1. The largest absolute Gasteiger partial charge is 0.289 e. The van der Waals surface area contributed by atoms with Crippen molar-refractivity contribution in [3.8, 4) is 0 Å². The molecule has 1 aliphatic carbocycles. The molecular weight excluding hydrogens is 280 g/mol. The second-order valence-electron chi connectivity index (χ2n) is 5.75. The van der Waals surface area contributed by atoms with Crippen LogP contribution in [0, 0.1) is 0 Å². The van der Waals surface area contributed by atoms with Gasteiger partial charge in [-0.05, 0) is 16.7 Å². The molecule has 0 saturated heterocycles. The van der Waals surface area contributed by atoms with E-state index >= 15 is 0 Å². The SMILES string of the molecule is O=C(c1ccccc1)c1ccccc1C1C=Cc2ccccc21. The smallest absolute Gasteiger partial charge is 0.193 e. The Hall–Kier alpha value is -2.93. The predicted octanol–water partition coefficient (Wildman–Crippen LogP) is 5.08. The van der Waals surface area contributed by atoms with Gasteiger partial charge in [0.05, 0.1) is 0 Å². The van der Waals surface area contributed by atoms with Crippen LogP contribution in [0.1, 0.15) is 38.5 Å². The van der Waals surface area contributed by atoms with Crippen molar-refractivity contribution in [2.75, 3.05) is 0 Å². The van der Waals surface area contributed by atoms with Gasteiger partial charge in [0, 0.05) is 17.0 Å². The molecule has 0 heterocycles. The Morgan fingerprint density at radius 3 is 2.17 bits per heavy atom. The second-order valence-corrected chi connectivity index (χ2v) is 5.75. The van der Waals surface area contributed by atoms with Gasteiger partial charge in [-0.2, -0.15) is 0 Å². The van der Waals surface area contributed by atoms with Crippen LogP contribution in [0.25, 0.3) is 6.08 Å². The second kappa shape index (κ2) is 5.69. The van der Waals surface area contributed by atoms with Gasteiger partial charge in [-0.1, -0.05) is 91.0 Å². The van der Waals surface area contributed by atoms with Crippen LogP contribution in [0.2, 0.25) is 0 Å². The molecule has 3 aromatic rings. The fourth-order valence-electron chi connectivity index (χ4n) is 3.24. The first-order chi connectivity index (χ1) is 11.3. The van der Waals surface area contributed by atoms with Gasteiger partial charge in [-0.15, -0.1) is 0 Å². The molecule has 0 aliphatic heterocycles. The molecule has 3 aromatic carbocycles. The lowest BCUT2D eigenvalue weighted by Gasteiger charge is -2.15. The van der Waals surface area contributed by atoms with Crippen molar-refractivity contribution in [3.05, 3.63) is 113 Å². The highest BCUT2D eigenvalue weighted by molar-refractivity contribution is 6.10. The molecule has 0 bridgehead atoms. The molecule has 1 aliphatic rings. The van der Waals surface area contributed by atoms with E-state index in [1.165, 1.54) is 11.1 Å². The van der Waals surface area contributed by atoms with Gasteiger partial charge in [-0.3, -0.25) is 4.79 Å². The molecule has 1 unspecified atom stereocenters. The van der Waals surface area contributed by atoms with Gasteiger partial charge in [0.2, 0.25) is 0 Å². The van der Waals surface area contributed by atoms with E-state index in [1.807, 2.05) is 54.6 Å². The first-order valence-electron chi connectivity index (χ1n) is 7.80. The monoisotopic (exact) mass is 296 g/mol. The third kappa shape index (κ3) is 2.40. The van der Waals surface area contributed by atoms with Gasteiger partial charge >= 0.3 is 0 Å². The molecule has 0 aromatic heterocycles. The number of benzene rings is 3. The predicted molar refractivity (Wildman–Crippen MR) is 93.6 cm³/mol. The van der Waals surface area contributed by atoms with Crippen LogP contribution in [0.5, 0.6) is 0 Å². The molecule has 0 radical (unpaired) electrons. The summed E-state index contributed by atoms with van der Waals surface area (Å²) in [5.41, 5.74) is 5.09. The lowest BCUT2D eigenvalue weighted by molar-refractivity contribution is 0.103. The van der Waals surface area contributed by atoms with Crippen LogP contribution in [0.15, 0.2) is 84.9 Å². The highest BCUT2D eigenvalue weighted by Gasteiger charge is 2.23. The molecule has 0 N–H and O–H groups in total. The van der Waals surface area contributed by atoms with Crippen molar-refractivity contribution in [2.45, 2.75) is 5.92 Å². The summed E-state index contributed by atoms with van der Waals surface area (Å²) in [6.07, 6.45) is 4.32. The fourth-order valence-corrected chi connectivity index (χ4v) is 3.24. The lowest BCUT2D eigenvalue weighted by atomic mass is 9.87. The number of hydrogen-bond donors (Lipinski definition) is 0. The molecule has 1 heteroatoms. The van der Waals surface area contributed by atoms with E-state index in [0.29, 0.717) is 0 Å². The summed E-state index contributed by atoms with van der Waals surface area (Å²) in [6, 6.07) is 25.8. The number of carbonyl (C=O) groups excluding carboxylic acids is 1. The Balaban J connectivity index is 1.81. The average molecular weight is 296 g/mol. The van der Waals surface area contributed by atoms with E-state index in [1.54, 1.807) is 0 Å². The normalized spacial score (nSPS) is 15.4.